The second-order valence-corrected chi connectivity index (χ2v) is 6.51. The molecule has 0 N–H and O–H groups in total. The number of thioether (sulfide) groups is 1. The lowest BCUT2D eigenvalue weighted by atomic mass is 10.5. The van der Waals surface area contributed by atoms with Crippen molar-refractivity contribution in [2.24, 2.45) is 0 Å². The number of aryl methyl sites for hydroxylation is 1. The largest absolute Gasteiger partial charge is 0.213 e. The molecule has 0 saturated heterocycles. The summed E-state index contributed by atoms with van der Waals surface area (Å²) in [5.41, 5.74) is 0. The molecule has 0 aliphatic rings. The van der Waals surface area contributed by atoms with Crippen molar-refractivity contribution in [2.45, 2.75) is 17.0 Å². The molecule has 6 heteroatoms. The van der Waals surface area contributed by atoms with Crippen molar-refractivity contribution >= 4 is 50.6 Å². The molecule has 2 heterocycles. The van der Waals surface area contributed by atoms with Gasteiger partial charge in [-0.15, -0.1) is 11.3 Å². The second-order valence-electron chi connectivity index (χ2n) is 2.63. The molecule has 2 rings (SSSR count). The number of hydrogen-bond acceptors (Lipinski definition) is 5. The summed E-state index contributed by atoms with van der Waals surface area (Å²) >= 11 is 8.42. The van der Waals surface area contributed by atoms with E-state index in [0.717, 1.165) is 20.4 Å². The number of thiophene rings is 1. The Balaban J connectivity index is 1.94. The summed E-state index contributed by atoms with van der Waals surface area (Å²) in [7, 11) is 0. The number of nitrogens with zero attached hydrogens (tertiary/aromatic N) is 2. The van der Waals surface area contributed by atoms with Gasteiger partial charge < -0.3 is 0 Å². The van der Waals surface area contributed by atoms with Crippen molar-refractivity contribution in [1.29, 1.82) is 0 Å². The van der Waals surface area contributed by atoms with E-state index in [-0.39, 0.29) is 0 Å². The quantitative estimate of drug-likeness (QED) is 0.803. The molecule has 0 amide bonds. The molecule has 0 radical (unpaired) electrons. The van der Waals surface area contributed by atoms with Gasteiger partial charge in [-0.2, -0.15) is 4.37 Å². The molecule has 0 aliphatic carbocycles. The Morgan fingerprint density at radius 3 is 3.00 bits per heavy atom. The summed E-state index contributed by atoms with van der Waals surface area (Å²) in [4.78, 5) is 5.65. The minimum absolute atomic E-state index is 0.866. The van der Waals surface area contributed by atoms with Crippen LogP contribution in [0.15, 0.2) is 20.3 Å². The molecule has 0 fully saturated rings. The molecule has 2 nitrogen and oxygen atoms in total. The van der Waals surface area contributed by atoms with E-state index in [2.05, 4.69) is 36.7 Å². The normalized spacial score (nSPS) is 10.7. The van der Waals surface area contributed by atoms with E-state index in [1.165, 1.54) is 16.4 Å². The smallest absolute Gasteiger partial charge is 0.170 e. The van der Waals surface area contributed by atoms with Crippen LogP contribution in [0.4, 0.5) is 0 Å². The third-order valence-electron chi connectivity index (χ3n) is 1.47. The predicted octanol–water partition coefficient (Wildman–Crippen LogP) is 3.96. The second kappa shape index (κ2) is 4.74. The van der Waals surface area contributed by atoms with Crippen molar-refractivity contribution in [3.05, 3.63) is 26.6 Å². The molecular weight excluding hydrogens is 300 g/mol. The Kier molecular flexibility index (Phi) is 3.59. The zero-order valence-electron chi connectivity index (χ0n) is 7.36. The summed E-state index contributed by atoms with van der Waals surface area (Å²) in [6.07, 6.45) is 0. The highest BCUT2D eigenvalue weighted by Crippen LogP contribution is 2.28. The summed E-state index contributed by atoms with van der Waals surface area (Å²) in [5, 5.41) is 2.10. The van der Waals surface area contributed by atoms with Gasteiger partial charge in [0.1, 0.15) is 5.82 Å². The van der Waals surface area contributed by atoms with Crippen LogP contribution >= 0.6 is 50.6 Å². The lowest BCUT2D eigenvalue weighted by molar-refractivity contribution is 1.10. The van der Waals surface area contributed by atoms with E-state index in [4.69, 9.17) is 0 Å². The van der Waals surface area contributed by atoms with E-state index < -0.39 is 0 Å². The SMILES string of the molecule is Cc1nsc(SCc2cc(Br)cs2)n1. The van der Waals surface area contributed by atoms with Crippen molar-refractivity contribution in [1.82, 2.24) is 9.36 Å². The average Bonchev–Trinajstić information content (AvgIpc) is 2.72. The minimum Gasteiger partial charge on any atom is -0.213 e. The van der Waals surface area contributed by atoms with Crippen LogP contribution in [0.1, 0.15) is 10.7 Å². The molecule has 0 spiro atoms. The number of halogens is 1. The Morgan fingerprint density at radius 2 is 2.43 bits per heavy atom. The molecule has 0 unspecified atom stereocenters. The first-order chi connectivity index (χ1) is 6.74. The maximum Gasteiger partial charge on any atom is 0.170 e. The Labute approximate surface area is 103 Å². The van der Waals surface area contributed by atoms with Gasteiger partial charge >= 0.3 is 0 Å². The molecule has 0 atom stereocenters. The first-order valence-electron chi connectivity index (χ1n) is 3.90. The van der Waals surface area contributed by atoms with Gasteiger partial charge in [-0.25, -0.2) is 4.98 Å². The summed E-state index contributed by atoms with van der Waals surface area (Å²) < 4.78 is 6.34. The molecule has 2 aromatic heterocycles. The number of hydrogen-bond donors (Lipinski definition) is 0. The molecular formula is C8H7BrN2S3. The third-order valence-corrected chi connectivity index (χ3v) is 5.32. The highest BCUT2D eigenvalue weighted by atomic mass is 79.9. The van der Waals surface area contributed by atoms with Gasteiger partial charge in [0.05, 0.1) is 0 Å². The molecule has 14 heavy (non-hydrogen) atoms. The highest BCUT2D eigenvalue weighted by molar-refractivity contribution is 9.10. The van der Waals surface area contributed by atoms with E-state index in [1.54, 1.807) is 23.1 Å². The highest BCUT2D eigenvalue weighted by Gasteiger charge is 2.03. The van der Waals surface area contributed by atoms with Crippen molar-refractivity contribution in [3.8, 4) is 0 Å². The fourth-order valence-corrected chi connectivity index (χ4v) is 4.05. The van der Waals surface area contributed by atoms with Gasteiger partial charge in [0, 0.05) is 20.5 Å². The van der Waals surface area contributed by atoms with Gasteiger partial charge in [-0.1, -0.05) is 11.8 Å². The predicted molar refractivity (Wildman–Crippen MR) is 66.2 cm³/mol. The van der Waals surface area contributed by atoms with Gasteiger partial charge in [-0.05, 0) is 40.5 Å². The topological polar surface area (TPSA) is 25.8 Å². The van der Waals surface area contributed by atoms with Gasteiger partial charge in [0.2, 0.25) is 0 Å². The zero-order chi connectivity index (χ0) is 9.97. The van der Waals surface area contributed by atoms with Crippen molar-refractivity contribution in [3.63, 3.8) is 0 Å². The lowest BCUT2D eigenvalue weighted by Crippen LogP contribution is -1.74. The summed E-state index contributed by atoms with van der Waals surface area (Å²) in [6.45, 7) is 1.92. The van der Waals surface area contributed by atoms with Crippen LogP contribution in [0.25, 0.3) is 0 Å². The first kappa shape index (κ1) is 10.6. The fraction of sp³-hybridized carbons (Fsp3) is 0.250. The van der Waals surface area contributed by atoms with Crippen LogP contribution in [-0.4, -0.2) is 9.36 Å². The Hall–Kier alpha value is 0.0900. The minimum atomic E-state index is 0.866. The summed E-state index contributed by atoms with van der Waals surface area (Å²) in [5.74, 6) is 1.84. The van der Waals surface area contributed by atoms with Gasteiger partial charge in [0.25, 0.3) is 0 Å². The van der Waals surface area contributed by atoms with Gasteiger partial charge in [-0.3, -0.25) is 0 Å². The van der Waals surface area contributed by atoms with Crippen LogP contribution in [-0.2, 0) is 5.75 Å². The monoisotopic (exact) mass is 306 g/mol. The van der Waals surface area contributed by atoms with Crippen LogP contribution in [0.2, 0.25) is 0 Å². The number of aromatic nitrogens is 2. The average molecular weight is 307 g/mol. The van der Waals surface area contributed by atoms with Gasteiger partial charge in [0.15, 0.2) is 4.34 Å². The molecule has 0 saturated carbocycles. The van der Waals surface area contributed by atoms with E-state index in [1.807, 2.05) is 6.92 Å². The van der Waals surface area contributed by atoms with E-state index in [9.17, 15) is 0 Å². The lowest BCUT2D eigenvalue weighted by Gasteiger charge is -1.91. The maximum absolute atomic E-state index is 4.30. The van der Waals surface area contributed by atoms with Crippen LogP contribution in [0.5, 0.6) is 0 Å². The molecule has 0 aromatic carbocycles. The van der Waals surface area contributed by atoms with Crippen LogP contribution < -0.4 is 0 Å². The summed E-state index contributed by atoms with van der Waals surface area (Å²) in [6, 6.07) is 2.14. The van der Waals surface area contributed by atoms with Crippen LogP contribution in [0, 0.1) is 6.92 Å². The van der Waals surface area contributed by atoms with E-state index in [0.29, 0.717) is 0 Å². The fourth-order valence-electron chi connectivity index (χ4n) is 0.899. The van der Waals surface area contributed by atoms with Crippen molar-refractivity contribution in [2.75, 3.05) is 0 Å². The van der Waals surface area contributed by atoms with Crippen molar-refractivity contribution < 1.29 is 0 Å². The molecule has 2 aromatic rings. The van der Waals surface area contributed by atoms with Crippen LogP contribution in [0.3, 0.4) is 0 Å². The maximum atomic E-state index is 4.30. The first-order valence-corrected chi connectivity index (χ1v) is 7.33. The molecule has 0 bridgehead atoms. The Bertz CT molecular complexity index is 383. The number of rotatable bonds is 3. The third kappa shape index (κ3) is 2.79. The standard InChI is InChI=1S/C8H7BrN2S3/c1-5-10-8(14-11-5)13-4-7-2-6(9)3-12-7/h2-3H,4H2,1H3. The Morgan fingerprint density at radius 1 is 1.57 bits per heavy atom. The van der Waals surface area contributed by atoms with E-state index >= 15 is 0 Å². The zero-order valence-corrected chi connectivity index (χ0v) is 11.4. The molecule has 74 valence electrons. The molecule has 0 aliphatic heterocycles.